The quantitative estimate of drug-likeness (QED) is 0.424. The molecule has 1 amide bonds. The number of aromatic nitrogens is 4. The number of benzene rings is 1. The van der Waals surface area contributed by atoms with Gasteiger partial charge in [-0.25, -0.2) is 9.48 Å². The van der Waals surface area contributed by atoms with Crippen LogP contribution >= 0.6 is 0 Å². The van der Waals surface area contributed by atoms with Gasteiger partial charge in [0, 0.05) is 13.1 Å². The summed E-state index contributed by atoms with van der Waals surface area (Å²) in [5.74, 6) is 1.18. The second-order valence-electron chi connectivity index (χ2n) is 8.73. The van der Waals surface area contributed by atoms with Gasteiger partial charge < -0.3 is 9.47 Å². The normalized spacial score (nSPS) is 13.5. The number of methoxy groups -OCH3 is 1. The molecule has 4 rings (SSSR count). The number of carbonyl (C=O) groups excluding carboxylic acids is 1. The molecule has 11 heteroatoms. The molecule has 0 radical (unpaired) electrons. The average Bonchev–Trinajstić information content (AvgIpc) is 3.36. The number of nitro groups is 1. The first kappa shape index (κ1) is 22.3. The number of amides is 1. The summed E-state index contributed by atoms with van der Waals surface area (Å²) in [6, 6.07) is 7.38. The van der Waals surface area contributed by atoms with Crippen molar-refractivity contribution in [3.8, 4) is 17.0 Å². The van der Waals surface area contributed by atoms with Crippen LogP contribution in [0.2, 0.25) is 0 Å². The summed E-state index contributed by atoms with van der Waals surface area (Å²) in [5.41, 5.74) is 0.793. The Hall–Kier alpha value is -3.89. The SMILES string of the molecule is COc1ccc(Cn2ncc([N+](=O)[O-])c2-c2cnn3c2N(C(=O)OC(C)(C)C)CCC3)cc1. The van der Waals surface area contributed by atoms with Gasteiger partial charge in [-0.2, -0.15) is 10.2 Å². The molecule has 11 nitrogen and oxygen atoms in total. The summed E-state index contributed by atoms with van der Waals surface area (Å²) in [6.45, 7) is 6.69. The molecule has 0 N–H and O–H groups in total. The first-order valence-electron chi connectivity index (χ1n) is 10.6. The molecule has 0 unspecified atom stereocenters. The molecule has 1 aromatic carbocycles. The summed E-state index contributed by atoms with van der Waals surface area (Å²) in [6.07, 6.45) is 2.95. The molecule has 0 spiro atoms. The zero-order chi connectivity index (χ0) is 23.8. The summed E-state index contributed by atoms with van der Waals surface area (Å²) < 4.78 is 14.0. The maximum absolute atomic E-state index is 12.9. The van der Waals surface area contributed by atoms with E-state index in [4.69, 9.17) is 9.47 Å². The molecule has 0 saturated heterocycles. The van der Waals surface area contributed by atoms with Gasteiger partial charge in [0.15, 0.2) is 5.69 Å². The molecule has 2 aromatic heterocycles. The molecule has 3 heterocycles. The van der Waals surface area contributed by atoms with Gasteiger partial charge in [-0.1, -0.05) is 12.1 Å². The molecule has 3 aromatic rings. The summed E-state index contributed by atoms with van der Waals surface area (Å²) in [5, 5.41) is 20.5. The maximum Gasteiger partial charge on any atom is 0.416 e. The maximum atomic E-state index is 12.9. The van der Waals surface area contributed by atoms with Crippen LogP contribution in [0, 0.1) is 10.1 Å². The van der Waals surface area contributed by atoms with Gasteiger partial charge in [-0.15, -0.1) is 0 Å². The molecule has 0 aliphatic carbocycles. The van der Waals surface area contributed by atoms with Crippen LogP contribution in [0.3, 0.4) is 0 Å². The second kappa shape index (κ2) is 8.57. The summed E-state index contributed by atoms with van der Waals surface area (Å²) in [7, 11) is 1.59. The molecule has 1 aliphatic heterocycles. The minimum absolute atomic E-state index is 0.158. The van der Waals surface area contributed by atoms with Gasteiger partial charge in [0.25, 0.3) is 0 Å². The van der Waals surface area contributed by atoms with Crippen LogP contribution in [0.15, 0.2) is 36.7 Å². The number of carbonyl (C=O) groups is 1. The Morgan fingerprint density at radius 2 is 1.88 bits per heavy atom. The first-order chi connectivity index (χ1) is 15.7. The number of nitrogens with zero attached hydrogens (tertiary/aromatic N) is 6. The van der Waals surface area contributed by atoms with Gasteiger partial charge in [-0.05, 0) is 44.9 Å². The van der Waals surface area contributed by atoms with Crippen molar-refractivity contribution in [2.45, 2.75) is 45.9 Å². The monoisotopic (exact) mass is 454 g/mol. The molecular weight excluding hydrogens is 428 g/mol. The lowest BCUT2D eigenvalue weighted by Crippen LogP contribution is -2.41. The Kier molecular flexibility index (Phi) is 5.79. The lowest BCUT2D eigenvalue weighted by molar-refractivity contribution is -0.384. The van der Waals surface area contributed by atoms with Crippen LogP contribution in [0.4, 0.5) is 16.3 Å². The standard InChI is InChI=1S/C22H26N6O5/c1-22(2,3)33-21(29)25-10-5-11-26-20(25)17(12-23-26)19-18(28(30)31)13-24-27(19)14-15-6-8-16(32-4)9-7-15/h6-9,12-13H,5,10-11,14H2,1-4H3. The fourth-order valence-corrected chi connectivity index (χ4v) is 3.78. The smallest absolute Gasteiger partial charge is 0.416 e. The van der Waals surface area contributed by atoms with E-state index >= 15 is 0 Å². The molecule has 1 aliphatic rings. The molecule has 0 atom stereocenters. The van der Waals surface area contributed by atoms with E-state index < -0.39 is 16.6 Å². The lowest BCUT2D eigenvalue weighted by Gasteiger charge is -2.31. The van der Waals surface area contributed by atoms with Crippen LogP contribution in [-0.2, 0) is 17.8 Å². The van der Waals surface area contributed by atoms with E-state index in [9.17, 15) is 14.9 Å². The van der Waals surface area contributed by atoms with Crippen LogP contribution in [0.25, 0.3) is 11.3 Å². The minimum Gasteiger partial charge on any atom is -0.497 e. The van der Waals surface area contributed by atoms with E-state index in [1.807, 2.05) is 24.3 Å². The Labute approximate surface area is 190 Å². The van der Waals surface area contributed by atoms with Crippen molar-refractivity contribution in [2.24, 2.45) is 0 Å². The van der Waals surface area contributed by atoms with Crippen molar-refractivity contribution < 1.29 is 19.2 Å². The summed E-state index contributed by atoms with van der Waals surface area (Å²) >= 11 is 0. The topological polar surface area (TPSA) is 118 Å². The third kappa shape index (κ3) is 4.52. The first-order valence-corrected chi connectivity index (χ1v) is 10.6. The van der Waals surface area contributed by atoms with Crippen LogP contribution in [-0.4, -0.2) is 49.8 Å². The second-order valence-corrected chi connectivity index (χ2v) is 8.73. The number of ether oxygens (including phenoxy) is 2. The number of fused-ring (bicyclic) bond motifs is 1. The lowest BCUT2D eigenvalue weighted by atomic mass is 10.1. The fourth-order valence-electron chi connectivity index (χ4n) is 3.78. The Bertz CT molecular complexity index is 1180. The zero-order valence-corrected chi connectivity index (χ0v) is 19.0. The highest BCUT2D eigenvalue weighted by Crippen LogP contribution is 2.39. The highest BCUT2D eigenvalue weighted by molar-refractivity contribution is 5.93. The van der Waals surface area contributed by atoms with Crippen LogP contribution < -0.4 is 9.64 Å². The molecule has 174 valence electrons. The molecule has 0 fully saturated rings. The van der Waals surface area contributed by atoms with Gasteiger partial charge >= 0.3 is 11.8 Å². The Balaban J connectivity index is 1.78. The van der Waals surface area contributed by atoms with E-state index in [-0.39, 0.29) is 11.4 Å². The highest BCUT2D eigenvalue weighted by atomic mass is 16.6. The number of rotatable bonds is 5. The number of hydrogen-bond acceptors (Lipinski definition) is 7. The zero-order valence-electron chi connectivity index (χ0n) is 19.0. The van der Waals surface area contributed by atoms with Gasteiger partial charge in [0.05, 0.1) is 30.3 Å². The molecule has 33 heavy (non-hydrogen) atoms. The number of anilines is 1. The van der Waals surface area contributed by atoms with Crippen molar-refractivity contribution in [2.75, 3.05) is 18.6 Å². The summed E-state index contributed by atoms with van der Waals surface area (Å²) in [4.78, 5) is 25.8. The molecule has 0 saturated carbocycles. The van der Waals surface area contributed by atoms with Crippen molar-refractivity contribution >= 4 is 17.6 Å². The van der Waals surface area contributed by atoms with Crippen molar-refractivity contribution in [3.63, 3.8) is 0 Å². The van der Waals surface area contributed by atoms with E-state index in [0.29, 0.717) is 43.2 Å². The Morgan fingerprint density at radius 1 is 1.15 bits per heavy atom. The van der Waals surface area contributed by atoms with Crippen molar-refractivity contribution in [3.05, 3.63) is 52.3 Å². The van der Waals surface area contributed by atoms with E-state index in [0.717, 1.165) is 5.56 Å². The van der Waals surface area contributed by atoms with E-state index in [2.05, 4.69) is 10.2 Å². The minimum atomic E-state index is -0.679. The van der Waals surface area contributed by atoms with E-state index in [1.54, 1.807) is 43.4 Å². The predicted molar refractivity (Wildman–Crippen MR) is 120 cm³/mol. The largest absolute Gasteiger partial charge is 0.497 e. The van der Waals surface area contributed by atoms with Crippen molar-refractivity contribution in [1.29, 1.82) is 0 Å². The highest BCUT2D eigenvalue weighted by Gasteiger charge is 2.34. The average molecular weight is 454 g/mol. The van der Waals surface area contributed by atoms with E-state index in [1.165, 1.54) is 11.1 Å². The molecular formula is C22H26N6O5. The third-order valence-corrected chi connectivity index (χ3v) is 5.20. The molecule has 0 bridgehead atoms. The van der Waals surface area contributed by atoms with Crippen LogP contribution in [0.1, 0.15) is 32.8 Å². The fraction of sp³-hybridized carbons (Fsp3) is 0.409. The van der Waals surface area contributed by atoms with Gasteiger partial charge in [0.1, 0.15) is 23.4 Å². The predicted octanol–water partition coefficient (Wildman–Crippen LogP) is 3.86. The van der Waals surface area contributed by atoms with Gasteiger partial charge in [0.2, 0.25) is 0 Å². The van der Waals surface area contributed by atoms with Crippen molar-refractivity contribution in [1.82, 2.24) is 19.6 Å². The van der Waals surface area contributed by atoms with Gasteiger partial charge in [-0.3, -0.25) is 19.7 Å². The number of aryl methyl sites for hydroxylation is 1. The number of hydrogen-bond donors (Lipinski definition) is 0. The Morgan fingerprint density at radius 3 is 2.52 bits per heavy atom. The third-order valence-electron chi connectivity index (χ3n) is 5.20. The van der Waals surface area contributed by atoms with Crippen LogP contribution in [0.5, 0.6) is 5.75 Å².